The summed E-state index contributed by atoms with van der Waals surface area (Å²) in [4.78, 5) is 12.3. The number of ether oxygens (including phenoxy) is 2. The highest BCUT2D eigenvalue weighted by Gasteiger charge is 2.19. The molecule has 2 aromatic rings. The number of carbonyl (C=O) groups is 1. The Morgan fingerprint density at radius 1 is 1.00 bits per heavy atom. The van der Waals surface area contributed by atoms with Crippen molar-refractivity contribution in [2.24, 2.45) is 0 Å². The molecule has 0 saturated carbocycles. The fourth-order valence-electron chi connectivity index (χ4n) is 2.19. The van der Waals surface area contributed by atoms with E-state index in [0.717, 1.165) is 11.3 Å². The number of amides is 1. The van der Waals surface area contributed by atoms with Gasteiger partial charge in [-0.15, -0.1) is 0 Å². The Labute approximate surface area is 131 Å². The lowest BCUT2D eigenvalue weighted by Gasteiger charge is -2.20. The van der Waals surface area contributed by atoms with Crippen molar-refractivity contribution < 1.29 is 14.3 Å². The number of carbonyl (C=O) groups excluding carboxylic acids is 1. The van der Waals surface area contributed by atoms with Gasteiger partial charge in [-0.3, -0.25) is 4.79 Å². The second-order valence-electron chi connectivity index (χ2n) is 5.05. The van der Waals surface area contributed by atoms with Crippen LogP contribution in [0, 0.1) is 0 Å². The van der Waals surface area contributed by atoms with Gasteiger partial charge in [0.25, 0.3) is 5.91 Å². The van der Waals surface area contributed by atoms with Crippen molar-refractivity contribution in [2.75, 3.05) is 7.11 Å². The molecule has 0 bridgehead atoms. The van der Waals surface area contributed by atoms with Gasteiger partial charge in [-0.05, 0) is 32.0 Å². The standard InChI is InChI=1S/C18H21NO3/c1-13(16-11-7-8-12-17(16)21-3)19-18(20)14(2)22-15-9-5-4-6-10-15/h4-14H,1-3H3,(H,19,20)/t13-,14+/m0/s1. The van der Waals surface area contributed by atoms with Crippen LogP contribution in [0.4, 0.5) is 0 Å². The molecule has 22 heavy (non-hydrogen) atoms. The van der Waals surface area contributed by atoms with E-state index >= 15 is 0 Å². The second kappa shape index (κ2) is 7.50. The maximum atomic E-state index is 12.3. The van der Waals surface area contributed by atoms with Gasteiger partial charge in [0.1, 0.15) is 11.5 Å². The molecule has 0 aliphatic rings. The van der Waals surface area contributed by atoms with Crippen molar-refractivity contribution in [3.63, 3.8) is 0 Å². The van der Waals surface area contributed by atoms with Crippen LogP contribution in [-0.2, 0) is 4.79 Å². The molecule has 0 saturated heterocycles. The molecule has 2 aromatic carbocycles. The number of benzene rings is 2. The van der Waals surface area contributed by atoms with Crippen LogP contribution in [0.25, 0.3) is 0 Å². The third-order valence-electron chi connectivity index (χ3n) is 3.39. The molecule has 4 nitrogen and oxygen atoms in total. The van der Waals surface area contributed by atoms with E-state index in [-0.39, 0.29) is 11.9 Å². The minimum absolute atomic E-state index is 0.162. The predicted molar refractivity (Wildman–Crippen MR) is 86.1 cm³/mol. The van der Waals surface area contributed by atoms with Crippen molar-refractivity contribution in [3.05, 3.63) is 60.2 Å². The summed E-state index contributed by atoms with van der Waals surface area (Å²) in [6.45, 7) is 3.66. The minimum atomic E-state index is -0.570. The Bertz CT molecular complexity index is 613. The fourth-order valence-corrected chi connectivity index (χ4v) is 2.19. The first-order valence-corrected chi connectivity index (χ1v) is 7.27. The number of methoxy groups -OCH3 is 1. The normalized spacial score (nSPS) is 13.0. The zero-order valence-electron chi connectivity index (χ0n) is 13.1. The topological polar surface area (TPSA) is 47.6 Å². The van der Waals surface area contributed by atoms with Gasteiger partial charge in [-0.1, -0.05) is 36.4 Å². The first-order valence-electron chi connectivity index (χ1n) is 7.27. The summed E-state index contributed by atoms with van der Waals surface area (Å²) in [5.41, 5.74) is 0.935. The van der Waals surface area contributed by atoms with E-state index in [4.69, 9.17) is 9.47 Å². The van der Waals surface area contributed by atoms with Crippen LogP contribution in [0.2, 0.25) is 0 Å². The summed E-state index contributed by atoms with van der Waals surface area (Å²) in [7, 11) is 1.62. The predicted octanol–water partition coefficient (Wildman–Crippen LogP) is 3.34. The molecule has 0 fully saturated rings. The van der Waals surface area contributed by atoms with Gasteiger partial charge in [-0.25, -0.2) is 0 Å². The van der Waals surface area contributed by atoms with Gasteiger partial charge in [0, 0.05) is 5.56 Å². The third-order valence-corrected chi connectivity index (χ3v) is 3.39. The summed E-state index contributed by atoms with van der Waals surface area (Å²) >= 11 is 0. The van der Waals surface area contributed by atoms with Crippen molar-refractivity contribution in [1.82, 2.24) is 5.32 Å². The van der Waals surface area contributed by atoms with Crippen LogP contribution in [0.1, 0.15) is 25.5 Å². The van der Waals surface area contributed by atoms with Crippen LogP contribution >= 0.6 is 0 Å². The Hall–Kier alpha value is -2.49. The molecule has 0 aliphatic heterocycles. The summed E-state index contributed by atoms with van der Waals surface area (Å²) < 4.78 is 10.9. The Kier molecular flexibility index (Phi) is 5.42. The summed E-state index contributed by atoms with van der Waals surface area (Å²) in [6.07, 6.45) is -0.570. The molecular formula is C18H21NO3. The van der Waals surface area contributed by atoms with Crippen LogP contribution in [0.3, 0.4) is 0 Å². The zero-order chi connectivity index (χ0) is 15.9. The van der Waals surface area contributed by atoms with E-state index < -0.39 is 6.10 Å². The summed E-state index contributed by atoms with van der Waals surface area (Å²) in [6, 6.07) is 16.8. The zero-order valence-corrected chi connectivity index (χ0v) is 13.1. The molecule has 2 atom stereocenters. The largest absolute Gasteiger partial charge is 0.496 e. The Morgan fingerprint density at radius 2 is 1.64 bits per heavy atom. The van der Waals surface area contributed by atoms with E-state index in [0.29, 0.717) is 5.75 Å². The highest BCUT2D eigenvalue weighted by atomic mass is 16.5. The van der Waals surface area contributed by atoms with Gasteiger partial charge in [0.15, 0.2) is 6.10 Å². The smallest absolute Gasteiger partial charge is 0.261 e. The van der Waals surface area contributed by atoms with Crippen molar-refractivity contribution in [1.29, 1.82) is 0 Å². The monoisotopic (exact) mass is 299 g/mol. The highest BCUT2D eigenvalue weighted by Crippen LogP contribution is 2.24. The average molecular weight is 299 g/mol. The van der Waals surface area contributed by atoms with E-state index in [1.54, 1.807) is 14.0 Å². The molecule has 0 radical (unpaired) electrons. The fraction of sp³-hybridized carbons (Fsp3) is 0.278. The van der Waals surface area contributed by atoms with E-state index in [9.17, 15) is 4.79 Å². The number of hydrogen-bond acceptors (Lipinski definition) is 3. The molecule has 0 aromatic heterocycles. The second-order valence-corrected chi connectivity index (χ2v) is 5.05. The molecule has 116 valence electrons. The van der Waals surface area contributed by atoms with Gasteiger partial charge >= 0.3 is 0 Å². The van der Waals surface area contributed by atoms with Crippen molar-refractivity contribution >= 4 is 5.91 Å². The van der Waals surface area contributed by atoms with Crippen molar-refractivity contribution in [2.45, 2.75) is 26.0 Å². The van der Waals surface area contributed by atoms with Crippen LogP contribution in [0.5, 0.6) is 11.5 Å². The molecule has 0 heterocycles. The molecule has 2 rings (SSSR count). The Morgan fingerprint density at radius 3 is 2.32 bits per heavy atom. The first-order chi connectivity index (χ1) is 10.6. The SMILES string of the molecule is COc1ccccc1[C@H](C)NC(=O)[C@@H](C)Oc1ccccc1. The van der Waals surface area contributed by atoms with Gasteiger partial charge in [0.05, 0.1) is 13.2 Å². The third kappa shape index (κ3) is 4.01. The lowest BCUT2D eigenvalue weighted by atomic mass is 10.1. The number of rotatable bonds is 6. The average Bonchev–Trinajstić information content (AvgIpc) is 2.55. The first kappa shape index (κ1) is 15.9. The molecular weight excluding hydrogens is 278 g/mol. The maximum Gasteiger partial charge on any atom is 0.261 e. The molecule has 4 heteroatoms. The number of nitrogens with one attached hydrogen (secondary N) is 1. The van der Waals surface area contributed by atoms with E-state index in [1.807, 2.05) is 61.5 Å². The summed E-state index contributed by atoms with van der Waals surface area (Å²) in [5, 5.41) is 2.95. The molecule has 1 N–H and O–H groups in total. The molecule has 0 unspecified atom stereocenters. The molecule has 0 aliphatic carbocycles. The lowest BCUT2D eigenvalue weighted by molar-refractivity contribution is -0.127. The van der Waals surface area contributed by atoms with E-state index in [2.05, 4.69) is 5.32 Å². The highest BCUT2D eigenvalue weighted by molar-refractivity contribution is 5.81. The number of para-hydroxylation sites is 2. The van der Waals surface area contributed by atoms with Crippen LogP contribution < -0.4 is 14.8 Å². The maximum absolute atomic E-state index is 12.3. The van der Waals surface area contributed by atoms with Crippen molar-refractivity contribution in [3.8, 4) is 11.5 Å². The quantitative estimate of drug-likeness (QED) is 0.890. The lowest BCUT2D eigenvalue weighted by Crippen LogP contribution is -2.37. The Balaban J connectivity index is 1.98. The minimum Gasteiger partial charge on any atom is -0.496 e. The molecule has 0 spiro atoms. The summed E-state index contributed by atoms with van der Waals surface area (Å²) in [5.74, 6) is 1.27. The van der Waals surface area contributed by atoms with Gasteiger partial charge in [0.2, 0.25) is 0 Å². The number of hydrogen-bond donors (Lipinski definition) is 1. The van der Waals surface area contributed by atoms with E-state index in [1.165, 1.54) is 0 Å². The van der Waals surface area contributed by atoms with Gasteiger partial charge in [-0.2, -0.15) is 0 Å². The van der Waals surface area contributed by atoms with Crippen LogP contribution in [-0.4, -0.2) is 19.1 Å². The molecule has 1 amide bonds. The van der Waals surface area contributed by atoms with Gasteiger partial charge < -0.3 is 14.8 Å². The van der Waals surface area contributed by atoms with Crippen LogP contribution in [0.15, 0.2) is 54.6 Å².